The number of aromatic nitrogens is 2. The van der Waals surface area contributed by atoms with Gasteiger partial charge in [-0.15, -0.1) is 11.8 Å². The number of carbonyl (C=O) groups is 2. The van der Waals surface area contributed by atoms with Gasteiger partial charge in [0.05, 0.1) is 11.2 Å². The Labute approximate surface area is 243 Å². The lowest BCUT2D eigenvalue weighted by atomic mass is 10.0. The Morgan fingerprint density at radius 2 is 1.80 bits per heavy atom. The minimum atomic E-state index is -4.11. The molecule has 1 aromatic heterocycles. The summed E-state index contributed by atoms with van der Waals surface area (Å²) in [6.45, 7) is 6.74. The maximum Gasteiger partial charge on any atom is 0.328 e. The Kier molecular flexibility index (Phi) is 11.3. The highest BCUT2D eigenvalue weighted by Gasteiger charge is 2.27. The minimum absolute atomic E-state index is 0.00636. The highest BCUT2D eigenvalue weighted by molar-refractivity contribution is 7.98. The molecule has 2 aromatic carbocycles. The Morgan fingerprint density at radius 3 is 2.40 bits per heavy atom. The fraction of sp³-hybridized carbons (Fsp3) is 0.393. The van der Waals surface area contributed by atoms with E-state index >= 15 is 0 Å². The van der Waals surface area contributed by atoms with E-state index in [2.05, 4.69) is 23.9 Å². The van der Waals surface area contributed by atoms with Gasteiger partial charge in [-0.25, -0.2) is 22.9 Å². The van der Waals surface area contributed by atoms with E-state index in [0.29, 0.717) is 41.4 Å². The third kappa shape index (κ3) is 7.68. The molecule has 3 rings (SSSR count). The van der Waals surface area contributed by atoms with Gasteiger partial charge in [0.1, 0.15) is 16.5 Å². The second kappa shape index (κ2) is 14.2. The van der Waals surface area contributed by atoms with Crippen LogP contribution in [0.15, 0.2) is 58.5 Å². The van der Waals surface area contributed by atoms with E-state index in [1.54, 1.807) is 18.2 Å². The molecule has 0 aliphatic heterocycles. The number of Topliss-reactive ketones (excluding diaryl/α,β-unsaturated/α-hetero) is 1. The number of imidazole rings is 1. The molecule has 2 amide bonds. The van der Waals surface area contributed by atoms with Crippen LogP contribution < -0.4 is 10.0 Å². The van der Waals surface area contributed by atoms with Gasteiger partial charge in [-0.1, -0.05) is 63.2 Å². The number of hydrogen-bond acceptors (Lipinski definition) is 7. The van der Waals surface area contributed by atoms with Gasteiger partial charge in [0, 0.05) is 24.6 Å². The highest BCUT2D eigenvalue weighted by atomic mass is 32.2. The number of ketones is 1. The number of sulfonamides is 1. The maximum atomic E-state index is 13.1. The number of amides is 2. The summed E-state index contributed by atoms with van der Waals surface area (Å²) in [6, 6.07) is 13.1. The fourth-order valence-electron chi connectivity index (χ4n) is 4.19. The standard InChI is InChI=1S/C28H36N4O5S3/c1-6-16-29-28(34)31-40(36,37)24-11-9-8-10-22(24)21-14-12-20(13-15-21)17-32-25(23(33)18-39(5)35)27(38-4)30-26(32)19(3)7-2/h8-15,19H,6-7,16-18H2,1-5H3,(H2,29,31,34). The lowest BCUT2D eigenvalue weighted by Crippen LogP contribution is -2.39. The van der Waals surface area contributed by atoms with Crippen molar-refractivity contribution in [2.75, 3.05) is 24.8 Å². The summed E-state index contributed by atoms with van der Waals surface area (Å²) in [5, 5.41) is 3.14. The zero-order valence-corrected chi connectivity index (χ0v) is 25.8. The van der Waals surface area contributed by atoms with E-state index in [1.165, 1.54) is 24.1 Å². The molecule has 0 fully saturated rings. The average Bonchev–Trinajstić information content (AvgIpc) is 3.29. The molecule has 0 bridgehead atoms. The second-order valence-electron chi connectivity index (χ2n) is 9.42. The SMILES string of the molecule is CCCNC(=O)NS(=O)(=O)c1ccccc1-c1ccc(Cn2c(C(C)CC)nc(SC)c2C(=O)C[S+](C)[O-])cc1. The molecule has 1 heterocycles. The number of nitrogens with one attached hydrogen (secondary N) is 2. The Hall–Kier alpha value is -2.80. The van der Waals surface area contributed by atoms with Crippen LogP contribution >= 0.6 is 11.8 Å². The molecule has 9 nitrogen and oxygen atoms in total. The summed E-state index contributed by atoms with van der Waals surface area (Å²) in [7, 11) is -4.11. The number of rotatable bonds is 13. The Morgan fingerprint density at radius 1 is 1.12 bits per heavy atom. The van der Waals surface area contributed by atoms with Gasteiger partial charge in [-0.2, -0.15) is 0 Å². The maximum absolute atomic E-state index is 13.1. The quantitative estimate of drug-likeness (QED) is 0.163. The van der Waals surface area contributed by atoms with Gasteiger partial charge < -0.3 is 14.4 Å². The third-order valence-electron chi connectivity index (χ3n) is 6.35. The van der Waals surface area contributed by atoms with Gasteiger partial charge in [-0.05, 0) is 47.5 Å². The van der Waals surface area contributed by atoms with Gasteiger partial charge in [0.15, 0.2) is 5.75 Å². The topological polar surface area (TPSA) is 133 Å². The van der Waals surface area contributed by atoms with Crippen molar-refractivity contribution in [2.24, 2.45) is 0 Å². The van der Waals surface area contributed by atoms with Crippen molar-refractivity contribution in [2.45, 2.75) is 56.0 Å². The highest BCUT2D eigenvalue weighted by Crippen LogP contribution is 2.30. The van der Waals surface area contributed by atoms with Crippen molar-refractivity contribution in [1.29, 1.82) is 0 Å². The lowest BCUT2D eigenvalue weighted by Gasteiger charge is -2.16. The van der Waals surface area contributed by atoms with Gasteiger partial charge >= 0.3 is 6.03 Å². The van der Waals surface area contributed by atoms with E-state index < -0.39 is 27.2 Å². The molecule has 0 aliphatic rings. The number of nitrogens with zero attached hydrogens (tertiary/aromatic N) is 2. The third-order valence-corrected chi connectivity index (χ3v) is 9.08. The molecular formula is C28H36N4O5S3. The van der Waals surface area contributed by atoms with E-state index in [4.69, 9.17) is 4.98 Å². The molecule has 40 heavy (non-hydrogen) atoms. The molecule has 0 saturated carbocycles. The van der Waals surface area contributed by atoms with Crippen LogP contribution in [0.1, 0.15) is 61.4 Å². The van der Waals surface area contributed by atoms with Crippen LogP contribution in [0.4, 0.5) is 4.79 Å². The number of benzene rings is 2. The molecule has 12 heteroatoms. The van der Waals surface area contributed by atoms with Gasteiger partial charge in [0.25, 0.3) is 10.0 Å². The van der Waals surface area contributed by atoms with Crippen LogP contribution in [-0.4, -0.2) is 59.1 Å². The first-order chi connectivity index (χ1) is 19.0. The molecule has 2 N–H and O–H groups in total. The number of urea groups is 1. The molecule has 0 aliphatic carbocycles. The van der Waals surface area contributed by atoms with Gasteiger partial charge in [0.2, 0.25) is 5.78 Å². The van der Waals surface area contributed by atoms with E-state index in [1.807, 2.05) is 42.0 Å². The molecule has 216 valence electrons. The van der Waals surface area contributed by atoms with Crippen LogP contribution in [-0.2, 0) is 27.7 Å². The largest absolute Gasteiger partial charge is 0.616 e. The monoisotopic (exact) mass is 604 g/mol. The van der Waals surface area contributed by atoms with Crippen molar-refractivity contribution in [3.8, 4) is 11.1 Å². The Balaban J connectivity index is 1.97. The number of thioether (sulfide) groups is 1. The molecule has 0 spiro atoms. The molecule has 0 radical (unpaired) electrons. The van der Waals surface area contributed by atoms with E-state index in [9.17, 15) is 22.6 Å². The van der Waals surface area contributed by atoms with E-state index in [-0.39, 0.29) is 22.3 Å². The minimum Gasteiger partial charge on any atom is -0.616 e. The van der Waals surface area contributed by atoms with Gasteiger partial charge in [-0.3, -0.25) is 4.79 Å². The summed E-state index contributed by atoms with van der Waals surface area (Å²) in [6.07, 6.45) is 4.90. The number of hydrogen-bond donors (Lipinski definition) is 2. The van der Waals surface area contributed by atoms with Crippen LogP contribution in [0.2, 0.25) is 0 Å². The average molecular weight is 605 g/mol. The van der Waals surface area contributed by atoms with Crippen LogP contribution in [0.5, 0.6) is 0 Å². The van der Waals surface area contributed by atoms with Crippen LogP contribution in [0.3, 0.4) is 0 Å². The van der Waals surface area contributed by atoms with Crippen molar-refractivity contribution in [3.63, 3.8) is 0 Å². The zero-order chi connectivity index (χ0) is 29.4. The second-order valence-corrected chi connectivity index (χ2v) is 13.3. The van der Waals surface area contributed by atoms with Crippen molar-refractivity contribution in [3.05, 3.63) is 65.6 Å². The molecular weight excluding hydrogens is 569 g/mol. The summed E-state index contributed by atoms with van der Waals surface area (Å²) in [5.74, 6) is 0.620. The van der Waals surface area contributed by atoms with Crippen molar-refractivity contribution < 1.29 is 22.6 Å². The fourth-order valence-corrected chi connectivity index (χ4v) is 6.46. The predicted molar refractivity (Wildman–Crippen MR) is 161 cm³/mol. The van der Waals surface area contributed by atoms with Crippen molar-refractivity contribution >= 4 is 44.8 Å². The first-order valence-electron chi connectivity index (χ1n) is 13.0. The molecule has 2 atom stereocenters. The normalized spacial score (nSPS) is 13.1. The van der Waals surface area contributed by atoms with Crippen LogP contribution in [0, 0.1) is 0 Å². The summed E-state index contributed by atoms with van der Waals surface area (Å²) in [5.41, 5.74) is 2.47. The summed E-state index contributed by atoms with van der Waals surface area (Å²) >= 11 is 0.110. The van der Waals surface area contributed by atoms with E-state index in [0.717, 1.165) is 17.8 Å². The first kappa shape index (κ1) is 31.7. The Bertz CT molecular complexity index is 1440. The summed E-state index contributed by atoms with van der Waals surface area (Å²) in [4.78, 5) is 29.9. The van der Waals surface area contributed by atoms with Crippen LogP contribution in [0.25, 0.3) is 11.1 Å². The number of carbonyl (C=O) groups excluding carboxylic acids is 2. The predicted octanol–water partition coefficient (Wildman–Crippen LogP) is 4.79. The molecule has 3 aromatic rings. The first-order valence-corrected chi connectivity index (χ1v) is 17.4. The van der Waals surface area contributed by atoms with Crippen molar-refractivity contribution in [1.82, 2.24) is 19.6 Å². The zero-order valence-electron chi connectivity index (χ0n) is 23.4. The smallest absolute Gasteiger partial charge is 0.328 e. The lowest BCUT2D eigenvalue weighted by molar-refractivity contribution is 0.100. The molecule has 2 unspecified atom stereocenters. The molecule has 0 saturated heterocycles. The summed E-state index contributed by atoms with van der Waals surface area (Å²) < 4.78 is 41.9.